The molecule has 0 unspecified atom stereocenters. The average molecular weight is 313 g/mol. The number of aliphatic carboxylic acids is 1. The second-order valence-electron chi connectivity index (χ2n) is 4.75. The molecule has 116 valence electrons. The fraction of sp³-hybridized carbons (Fsp3) is 0.615. The zero-order valence-electron chi connectivity index (χ0n) is 11.9. The summed E-state index contributed by atoms with van der Waals surface area (Å²) in [5.74, 6) is -1.04. The number of rotatable bonds is 6. The number of amides is 1. The van der Waals surface area contributed by atoms with Crippen LogP contribution >= 0.6 is 11.3 Å². The van der Waals surface area contributed by atoms with Gasteiger partial charge in [0.05, 0.1) is 25.3 Å². The Bertz CT molecular complexity index is 512. The number of carboxylic acids is 1. The van der Waals surface area contributed by atoms with E-state index in [1.54, 1.807) is 6.92 Å². The normalized spacial score (nSPS) is 15.9. The highest BCUT2D eigenvalue weighted by Crippen LogP contribution is 2.25. The minimum Gasteiger partial charge on any atom is -0.481 e. The van der Waals surface area contributed by atoms with Gasteiger partial charge in [0.1, 0.15) is 0 Å². The molecule has 0 saturated carbocycles. The van der Waals surface area contributed by atoms with Crippen LogP contribution in [0.5, 0.6) is 0 Å². The molecule has 2 rings (SSSR count). The van der Waals surface area contributed by atoms with Crippen molar-refractivity contribution in [2.45, 2.75) is 26.3 Å². The number of hydrogen-bond acceptors (Lipinski definition) is 6. The maximum Gasteiger partial charge on any atom is 0.309 e. The number of carbonyl (C=O) groups is 2. The maximum absolute atomic E-state index is 11.4. The molecule has 0 aliphatic carbocycles. The summed E-state index contributed by atoms with van der Waals surface area (Å²) in [6.07, 6.45) is 0.241. The average Bonchev–Trinajstić information content (AvgIpc) is 2.80. The lowest BCUT2D eigenvalue weighted by molar-refractivity contribution is -0.136. The van der Waals surface area contributed by atoms with Gasteiger partial charge < -0.3 is 15.2 Å². The Morgan fingerprint density at radius 2 is 2.14 bits per heavy atom. The first kappa shape index (κ1) is 15.9. The SMILES string of the molecule is CCC(=O)Nc1nc(CC(=O)O)c(CN2CCOCC2)s1. The highest BCUT2D eigenvalue weighted by molar-refractivity contribution is 7.15. The summed E-state index contributed by atoms with van der Waals surface area (Å²) < 4.78 is 5.30. The lowest BCUT2D eigenvalue weighted by atomic mass is 10.2. The van der Waals surface area contributed by atoms with Crippen LogP contribution in [0.3, 0.4) is 0 Å². The topological polar surface area (TPSA) is 91.8 Å². The predicted molar refractivity (Wildman–Crippen MR) is 78.5 cm³/mol. The third kappa shape index (κ3) is 4.76. The second kappa shape index (κ2) is 7.48. The molecule has 1 aromatic heterocycles. The molecule has 1 aliphatic heterocycles. The number of hydrogen-bond donors (Lipinski definition) is 2. The third-order valence-corrected chi connectivity index (χ3v) is 4.13. The van der Waals surface area contributed by atoms with Crippen LogP contribution in [-0.4, -0.2) is 53.2 Å². The molecule has 0 bridgehead atoms. The predicted octanol–water partition coefficient (Wildman–Crippen LogP) is 0.951. The summed E-state index contributed by atoms with van der Waals surface area (Å²) in [6, 6.07) is 0. The van der Waals surface area contributed by atoms with Crippen LogP contribution in [0.15, 0.2) is 0 Å². The second-order valence-corrected chi connectivity index (χ2v) is 5.83. The molecule has 0 aromatic carbocycles. The van der Waals surface area contributed by atoms with Crippen molar-refractivity contribution >= 4 is 28.3 Å². The smallest absolute Gasteiger partial charge is 0.309 e. The van der Waals surface area contributed by atoms with Gasteiger partial charge in [0, 0.05) is 30.9 Å². The largest absolute Gasteiger partial charge is 0.481 e. The number of ether oxygens (including phenoxy) is 1. The quantitative estimate of drug-likeness (QED) is 0.812. The molecule has 1 aromatic rings. The number of aromatic nitrogens is 1. The van der Waals surface area contributed by atoms with Gasteiger partial charge in [-0.15, -0.1) is 11.3 Å². The van der Waals surface area contributed by atoms with E-state index in [1.165, 1.54) is 11.3 Å². The van der Waals surface area contributed by atoms with E-state index < -0.39 is 5.97 Å². The molecule has 21 heavy (non-hydrogen) atoms. The van der Waals surface area contributed by atoms with Crippen LogP contribution in [0.4, 0.5) is 5.13 Å². The molecule has 2 heterocycles. The van der Waals surface area contributed by atoms with Crippen molar-refractivity contribution in [1.82, 2.24) is 9.88 Å². The zero-order valence-corrected chi connectivity index (χ0v) is 12.7. The molecule has 1 aliphatic rings. The summed E-state index contributed by atoms with van der Waals surface area (Å²) in [6.45, 7) is 5.42. The van der Waals surface area contributed by atoms with E-state index >= 15 is 0 Å². The first-order valence-corrected chi connectivity index (χ1v) is 7.70. The van der Waals surface area contributed by atoms with Gasteiger partial charge >= 0.3 is 5.97 Å². The Kier molecular flexibility index (Phi) is 5.66. The maximum atomic E-state index is 11.4. The minimum absolute atomic E-state index is 0.122. The monoisotopic (exact) mass is 313 g/mol. The van der Waals surface area contributed by atoms with Crippen molar-refractivity contribution in [1.29, 1.82) is 0 Å². The number of thiazole rings is 1. The number of morpholine rings is 1. The van der Waals surface area contributed by atoms with Gasteiger partial charge in [0.2, 0.25) is 5.91 Å². The molecule has 1 fully saturated rings. The fourth-order valence-electron chi connectivity index (χ4n) is 2.01. The van der Waals surface area contributed by atoms with Crippen molar-refractivity contribution in [2.75, 3.05) is 31.6 Å². The molecule has 0 spiro atoms. The fourth-order valence-corrected chi connectivity index (χ4v) is 3.05. The molecule has 0 atom stereocenters. The van der Waals surface area contributed by atoms with E-state index in [0.717, 1.165) is 18.0 Å². The Morgan fingerprint density at radius 3 is 2.76 bits per heavy atom. The first-order chi connectivity index (χ1) is 10.1. The van der Waals surface area contributed by atoms with Crippen molar-refractivity contribution in [3.63, 3.8) is 0 Å². The van der Waals surface area contributed by atoms with Gasteiger partial charge in [-0.05, 0) is 0 Å². The zero-order chi connectivity index (χ0) is 15.2. The molecule has 8 heteroatoms. The van der Waals surface area contributed by atoms with E-state index in [1.807, 2.05) is 0 Å². The highest BCUT2D eigenvalue weighted by Gasteiger charge is 2.19. The molecule has 2 N–H and O–H groups in total. The number of anilines is 1. The first-order valence-electron chi connectivity index (χ1n) is 6.88. The highest BCUT2D eigenvalue weighted by atomic mass is 32.1. The van der Waals surface area contributed by atoms with E-state index in [4.69, 9.17) is 9.84 Å². The third-order valence-electron chi connectivity index (χ3n) is 3.14. The number of nitrogens with one attached hydrogen (secondary N) is 1. The van der Waals surface area contributed by atoms with E-state index in [2.05, 4.69) is 15.2 Å². The molecule has 1 saturated heterocycles. The van der Waals surface area contributed by atoms with Crippen LogP contribution in [0, 0.1) is 0 Å². The van der Waals surface area contributed by atoms with Gasteiger partial charge in [0.25, 0.3) is 0 Å². The lowest BCUT2D eigenvalue weighted by Gasteiger charge is -2.26. The van der Waals surface area contributed by atoms with Crippen molar-refractivity contribution in [3.05, 3.63) is 10.6 Å². The van der Waals surface area contributed by atoms with E-state index in [-0.39, 0.29) is 12.3 Å². The van der Waals surface area contributed by atoms with Crippen molar-refractivity contribution < 1.29 is 19.4 Å². The van der Waals surface area contributed by atoms with Crippen LogP contribution in [0.2, 0.25) is 0 Å². The van der Waals surface area contributed by atoms with Crippen molar-refractivity contribution in [2.24, 2.45) is 0 Å². The summed E-state index contributed by atoms with van der Waals surface area (Å²) >= 11 is 1.35. The van der Waals surface area contributed by atoms with Crippen LogP contribution in [-0.2, 0) is 27.3 Å². The molecule has 1 amide bonds. The summed E-state index contributed by atoms with van der Waals surface area (Å²) in [5.41, 5.74) is 0.533. The lowest BCUT2D eigenvalue weighted by Crippen LogP contribution is -2.35. The number of carbonyl (C=O) groups excluding carboxylic acids is 1. The van der Waals surface area contributed by atoms with Crippen LogP contribution in [0.25, 0.3) is 0 Å². The van der Waals surface area contributed by atoms with E-state index in [9.17, 15) is 9.59 Å². The van der Waals surface area contributed by atoms with Crippen molar-refractivity contribution in [3.8, 4) is 0 Å². The molecule has 7 nitrogen and oxygen atoms in total. The number of nitrogens with zero attached hydrogens (tertiary/aromatic N) is 2. The summed E-state index contributed by atoms with van der Waals surface area (Å²) in [4.78, 5) is 29.7. The number of carboxylic acid groups (broad SMARTS) is 1. The molecular formula is C13H19N3O4S. The minimum atomic E-state index is -0.920. The Morgan fingerprint density at radius 1 is 1.43 bits per heavy atom. The Labute approximate surface area is 126 Å². The summed E-state index contributed by atoms with van der Waals surface area (Å²) in [7, 11) is 0. The van der Waals surface area contributed by atoms with Gasteiger partial charge in [0.15, 0.2) is 5.13 Å². The Hall–Kier alpha value is -1.51. The van der Waals surface area contributed by atoms with Gasteiger partial charge in [-0.2, -0.15) is 0 Å². The Balaban J connectivity index is 2.11. The van der Waals surface area contributed by atoms with Crippen LogP contribution in [0.1, 0.15) is 23.9 Å². The van der Waals surface area contributed by atoms with Crippen LogP contribution < -0.4 is 5.32 Å². The molecular weight excluding hydrogens is 294 g/mol. The van der Waals surface area contributed by atoms with Gasteiger partial charge in [-0.1, -0.05) is 6.92 Å². The van der Waals surface area contributed by atoms with Gasteiger partial charge in [-0.25, -0.2) is 4.98 Å². The van der Waals surface area contributed by atoms with E-state index in [0.29, 0.717) is 37.0 Å². The van der Waals surface area contributed by atoms with Gasteiger partial charge in [-0.3, -0.25) is 14.5 Å². The summed E-state index contributed by atoms with van der Waals surface area (Å²) in [5, 5.41) is 12.1. The molecule has 0 radical (unpaired) electrons. The standard InChI is InChI=1S/C13H19N3O4S/c1-2-11(17)15-13-14-9(7-12(18)19)10(21-13)8-16-3-5-20-6-4-16/h2-8H2,1H3,(H,18,19)(H,14,15,17).